The highest BCUT2D eigenvalue weighted by Gasteiger charge is 2.31. The predicted molar refractivity (Wildman–Crippen MR) is 134 cm³/mol. The number of piperidine rings is 1. The number of likely N-dealkylation sites (tertiary alicyclic amines) is 1. The first-order valence-electron chi connectivity index (χ1n) is 12.4. The second kappa shape index (κ2) is 11.0. The van der Waals surface area contributed by atoms with Crippen molar-refractivity contribution in [2.75, 3.05) is 30.3 Å². The number of halogens is 1. The Balaban J connectivity index is 0.00000133. The molecule has 1 amide bonds. The highest BCUT2D eigenvalue weighted by molar-refractivity contribution is 5.87. The molecule has 1 saturated carbocycles. The van der Waals surface area contributed by atoms with Crippen LogP contribution in [0.1, 0.15) is 50.7 Å². The number of nitrogens with zero attached hydrogens (tertiary/aromatic N) is 4. The van der Waals surface area contributed by atoms with Crippen molar-refractivity contribution in [1.29, 1.82) is 0 Å². The maximum atomic E-state index is 14.4. The molecule has 3 heterocycles. The Morgan fingerprint density at radius 3 is 2.79 bits per heavy atom. The van der Waals surface area contributed by atoms with Crippen molar-refractivity contribution in [3.63, 3.8) is 0 Å². The fourth-order valence-electron chi connectivity index (χ4n) is 4.68. The lowest BCUT2D eigenvalue weighted by Crippen LogP contribution is -2.44. The molecule has 1 unspecified atom stereocenters. The minimum Gasteiger partial charge on any atom is -0.363 e. The average molecular weight is 467 g/mol. The summed E-state index contributed by atoms with van der Waals surface area (Å²) in [6.45, 7) is 10.9. The first kappa shape index (κ1) is 24.1. The summed E-state index contributed by atoms with van der Waals surface area (Å²) in [4.78, 5) is 24.7. The number of hydrogen-bond acceptors (Lipinski definition) is 6. The van der Waals surface area contributed by atoms with Crippen LogP contribution < -0.4 is 10.6 Å². The van der Waals surface area contributed by atoms with Gasteiger partial charge in [-0.25, -0.2) is 9.37 Å². The molecule has 2 fully saturated rings. The molecule has 34 heavy (non-hydrogen) atoms. The fourth-order valence-corrected chi connectivity index (χ4v) is 4.68. The molecular weight excluding hydrogens is 431 g/mol. The van der Waals surface area contributed by atoms with E-state index in [1.165, 1.54) is 36.2 Å². The summed E-state index contributed by atoms with van der Waals surface area (Å²) in [6, 6.07) is 7.07. The van der Waals surface area contributed by atoms with Crippen LogP contribution in [0.5, 0.6) is 0 Å². The van der Waals surface area contributed by atoms with Gasteiger partial charge in [-0.1, -0.05) is 26.5 Å². The van der Waals surface area contributed by atoms with E-state index in [1.54, 1.807) is 4.90 Å². The maximum absolute atomic E-state index is 14.4. The molecule has 5 rings (SSSR count). The van der Waals surface area contributed by atoms with Gasteiger partial charge in [0.05, 0.1) is 6.20 Å². The number of benzene rings is 1. The molecule has 1 atom stereocenters. The van der Waals surface area contributed by atoms with E-state index in [0.29, 0.717) is 19.0 Å². The third-order valence-electron chi connectivity index (χ3n) is 6.56. The van der Waals surface area contributed by atoms with Crippen LogP contribution in [-0.4, -0.2) is 57.4 Å². The summed E-state index contributed by atoms with van der Waals surface area (Å²) in [7, 11) is 0. The van der Waals surface area contributed by atoms with Gasteiger partial charge < -0.3 is 15.5 Å². The smallest absolute Gasteiger partial charge is 0.246 e. The highest BCUT2D eigenvalue weighted by atomic mass is 19.1. The van der Waals surface area contributed by atoms with Gasteiger partial charge in [-0.05, 0) is 61.4 Å². The highest BCUT2D eigenvalue weighted by Crippen LogP contribution is 2.32. The molecule has 7 nitrogen and oxygen atoms in total. The van der Waals surface area contributed by atoms with E-state index in [-0.39, 0.29) is 17.8 Å². The number of fused-ring (bicyclic) bond motifs is 1. The summed E-state index contributed by atoms with van der Waals surface area (Å²) in [6.07, 6.45) is 7.89. The quantitative estimate of drug-likeness (QED) is 0.611. The van der Waals surface area contributed by atoms with Crippen molar-refractivity contribution in [2.24, 2.45) is 0 Å². The SMILES string of the molecule is C=CC(=O)N1CCCC(Nc2nc(Nc3ccc4c(c3)CCN(C3CC3)C4)ncc2F)C1.CC. The standard InChI is InChI=1S/C24H29FN6O.C2H6/c1-2-22(32)31-10-3-4-19(15-31)27-23-21(25)13-26-24(29-23)28-18-6-5-17-14-30(20-7-8-20)11-9-16(17)12-18;1-2/h2,5-6,12-13,19-20H,1,3-4,7-11,14-15H2,(H2,26,27,28,29);1-2H3. The van der Waals surface area contributed by atoms with Crippen LogP contribution in [0.2, 0.25) is 0 Å². The number of amides is 1. The van der Waals surface area contributed by atoms with E-state index >= 15 is 0 Å². The molecule has 2 aromatic rings. The zero-order valence-corrected chi connectivity index (χ0v) is 20.2. The van der Waals surface area contributed by atoms with Crippen molar-refractivity contribution in [3.8, 4) is 0 Å². The lowest BCUT2D eigenvalue weighted by molar-refractivity contribution is -0.127. The Morgan fingerprint density at radius 2 is 2.03 bits per heavy atom. The van der Waals surface area contributed by atoms with Crippen molar-refractivity contribution >= 4 is 23.4 Å². The van der Waals surface area contributed by atoms with Crippen molar-refractivity contribution in [2.45, 2.75) is 64.6 Å². The lowest BCUT2D eigenvalue weighted by atomic mass is 9.99. The van der Waals surface area contributed by atoms with E-state index in [4.69, 9.17) is 0 Å². The third-order valence-corrected chi connectivity index (χ3v) is 6.56. The van der Waals surface area contributed by atoms with Gasteiger partial charge in [0.25, 0.3) is 0 Å². The predicted octanol–water partition coefficient (Wildman–Crippen LogP) is 4.49. The van der Waals surface area contributed by atoms with E-state index in [1.807, 2.05) is 19.9 Å². The zero-order chi connectivity index (χ0) is 24.1. The van der Waals surface area contributed by atoms with Gasteiger partial charge in [-0.15, -0.1) is 0 Å². The summed E-state index contributed by atoms with van der Waals surface area (Å²) in [5.41, 5.74) is 3.63. The molecule has 0 radical (unpaired) electrons. The molecule has 8 heteroatoms. The Labute approximate surface area is 201 Å². The first-order valence-corrected chi connectivity index (χ1v) is 12.4. The molecule has 0 bridgehead atoms. The number of nitrogens with one attached hydrogen (secondary N) is 2. The molecule has 1 aromatic heterocycles. The van der Waals surface area contributed by atoms with Gasteiger partial charge in [-0.3, -0.25) is 9.69 Å². The Bertz CT molecular complexity index is 1020. The van der Waals surface area contributed by atoms with Crippen LogP contribution >= 0.6 is 0 Å². The number of anilines is 3. The molecule has 1 aromatic carbocycles. The average Bonchev–Trinajstić information content (AvgIpc) is 3.72. The van der Waals surface area contributed by atoms with Crippen LogP contribution in [0.25, 0.3) is 0 Å². The minimum absolute atomic E-state index is 0.0666. The van der Waals surface area contributed by atoms with Crippen LogP contribution in [0.4, 0.5) is 21.8 Å². The Kier molecular flexibility index (Phi) is 7.77. The second-order valence-electron chi connectivity index (χ2n) is 8.92. The minimum atomic E-state index is -0.506. The summed E-state index contributed by atoms with van der Waals surface area (Å²) < 4.78 is 14.4. The van der Waals surface area contributed by atoms with Crippen LogP contribution in [-0.2, 0) is 17.8 Å². The Morgan fingerprint density at radius 1 is 1.21 bits per heavy atom. The van der Waals surface area contributed by atoms with Gasteiger partial charge in [0.2, 0.25) is 11.9 Å². The van der Waals surface area contributed by atoms with Gasteiger partial charge in [0.15, 0.2) is 11.6 Å². The van der Waals surface area contributed by atoms with E-state index in [9.17, 15) is 9.18 Å². The monoisotopic (exact) mass is 466 g/mol. The first-order chi connectivity index (χ1) is 16.6. The zero-order valence-electron chi connectivity index (χ0n) is 20.2. The maximum Gasteiger partial charge on any atom is 0.246 e. The largest absolute Gasteiger partial charge is 0.363 e. The van der Waals surface area contributed by atoms with Gasteiger partial charge in [0, 0.05) is 44.0 Å². The lowest BCUT2D eigenvalue weighted by Gasteiger charge is -2.32. The summed E-state index contributed by atoms with van der Waals surface area (Å²) in [5.74, 6) is -0.111. The van der Waals surface area contributed by atoms with Crippen LogP contribution in [0, 0.1) is 5.82 Å². The van der Waals surface area contributed by atoms with Crippen molar-refractivity contribution in [3.05, 3.63) is 54.0 Å². The number of carbonyl (C=O) groups excluding carboxylic acids is 1. The second-order valence-corrected chi connectivity index (χ2v) is 8.92. The molecular formula is C26H35FN6O. The van der Waals surface area contributed by atoms with Crippen molar-refractivity contribution in [1.82, 2.24) is 19.8 Å². The fraction of sp³-hybridized carbons (Fsp3) is 0.500. The molecule has 2 N–H and O–H groups in total. The number of carbonyl (C=O) groups is 1. The van der Waals surface area contributed by atoms with Gasteiger partial charge >= 0.3 is 0 Å². The van der Waals surface area contributed by atoms with E-state index in [0.717, 1.165) is 44.1 Å². The van der Waals surface area contributed by atoms with E-state index in [2.05, 4.69) is 44.2 Å². The molecule has 3 aliphatic rings. The van der Waals surface area contributed by atoms with Crippen LogP contribution in [0.3, 0.4) is 0 Å². The molecule has 182 valence electrons. The molecule has 1 saturated heterocycles. The molecule has 2 aliphatic heterocycles. The topological polar surface area (TPSA) is 73.4 Å². The summed E-state index contributed by atoms with van der Waals surface area (Å²) >= 11 is 0. The molecule has 0 spiro atoms. The third kappa shape index (κ3) is 5.73. The molecule has 1 aliphatic carbocycles. The Hall–Kier alpha value is -3.00. The number of aromatic nitrogens is 2. The van der Waals surface area contributed by atoms with Gasteiger partial charge in [0.1, 0.15) is 0 Å². The normalized spacial score (nSPS) is 20.0. The van der Waals surface area contributed by atoms with Crippen LogP contribution in [0.15, 0.2) is 37.1 Å². The van der Waals surface area contributed by atoms with Gasteiger partial charge in [-0.2, -0.15) is 4.98 Å². The van der Waals surface area contributed by atoms with E-state index < -0.39 is 5.82 Å². The number of rotatable bonds is 6. The summed E-state index contributed by atoms with van der Waals surface area (Å²) in [5, 5.41) is 6.38. The van der Waals surface area contributed by atoms with Crippen molar-refractivity contribution < 1.29 is 9.18 Å². The number of hydrogen-bond donors (Lipinski definition) is 2.